The van der Waals surface area contributed by atoms with Crippen molar-refractivity contribution in [3.05, 3.63) is 89.0 Å². The normalized spacial score (nSPS) is 11.1. The number of nitrogens with one attached hydrogen (secondary N) is 1. The number of anilines is 1. The molecule has 1 aromatic heterocycles. The lowest BCUT2D eigenvalue weighted by atomic mass is 10.2. The first kappa shape index (κ1) is 27.3. The van der Waals surface area contributed by atoms with E-state index in [1.807, 2.05) is 70.3 Å². The maximum atomic E-state index is 14.1. The Morgan fingerprint density at radius 1 is 1.00 bits per heavy atom. The predicted molar refractivity (Wildman–Crippen MR) is 143 cm³/mol. The Morgan fingerprint density at radius 3 is 2.36 bits per heavy atom. The van der Waals surface area contributed by atoms with Crippen LogP contribution in [0.4, 0.5) is 14.9 Å². The molecule has 6 nitrogen and oxygen atoms in total. The minimum absolute atomic E-state index is 0.0806. The van der Waals surface area contributed by atoms with Gasteiger partial charge in [0, 0.05) is 36.0 Å². The Morgan fingerprint density at radius 2 is 1.69 bits per heavy atom. The van der Waals surface area contributed by atoms with Crippen LogP contribution in [0.1, 0.15) is 39.0 Å². The molecule has 36 heavy (non-hydrogen) atoms. The van der Waals surface area contributed by atoms with E-state index in [-0.39, 0.29) is 30.1 Å². The standard InChI is InChI=1S/C28H34ClFN4O2/c1-20(2)16-33(18-23-11-9-15-32(23)17-22-10-5-6-12-24(22)29)27(35)19-34(21(3)4)28(36)31-26-14-8-7-13-25(26)30/h5-15,20-21H,16-19H2,1-4H3,(H,31,36). The summed E-state index contributed by atoms with van der Waals surface area (Å²) in [6.45, 7) is 9.17. The highest BCUT2D eigenvalue weighted by Gasteiger charge is 2.25. The molecule has 1 N–H and O–H groups in total. The Bertz CT molecular complexity index is 1180. The van der Waals surface area contributed by atoms with Crippen molar-refractivity contribution in [2.24, 2.45) is 5.92 Å². The molecule has 1 heterocycles. The van der Waals surface area contributed by atoms with Crippen LogP contribution in [0.3, 0.4) is 0 Å². The van der Waals surface area contributed by atoms with Crippen molar-refractivity contribution in [3.63, 3.8) is 0 Å². The lowest BCUT2D eigenvalue weighted by Crippen LogP contribution is -2.48. The van der Waals surface area contributed by atoms with Crippen molar-refractivity contribution in [2.45, 2.75) is 46.8 Å². The largest absolute Gasteiger partial charge is 0.345 e. The number of halogens is 2. The molecule has 0 aliphatic carbocycles. The zero-order valence-corrected chi connectivity index (χ0v) is 22.0. The lowest BCUT2D eigenvalue weighted by Gasteiger charge is -2.31. The van der Waals surface area contributed by atoms with Crippen molar-refractivity contribution in [1.29, 1.82) is 0 Å². The molecule has 0 aliphatic rings. The Hall–Kier alpha value is -3.32. The first-order valence-corrected chi connectivity index (χ1v) is 12.5. The first-order valence-electron chi connectivity index (χ1n) is 12.1. The highest BCUT2D eigenvalue weighted by molar-refractivity contribution is 6.31. The van der Waals surface area contributed by atoms with Crippen LogP contribution in [0.5, 0.6) is 0 Å². The zero-order valence-electron chi connectivity index (χ0n) is 21.2. The van der Waals surface area contributed by atoms with E-state index >= 15 is 0 Å². The first-order chi connectivity index (χ1) is 17.2. The molecule has 0 fully saturated rings. The van der Waals surface area contributed by atoms with Crippen LogP contribution >= 0.6 is 11.6 Å². The summed E-state index contributed by atoms with van der Waals surface area (Å²) >= 11 is 6.36. The number of carbonyl (C=O) groups is 2. The van der Waals surface area contributed by atoms with Crippen LogP contribution in [0.15, 0.2) is 66.9 Å². The Balaban J connectivity index is 1.75. The SMILES string of the molecule is CC(C)CN(Cc1cccn1Cc1ccccc1Cl)C(=O)CN(C(=O)Nc1ccccc1F)C(C)C. The Kier molecular flexibility index (Phi) is 9.53. The molecule has 3 aromatic rings. The van der Waals surface area contributed by atoms with Crippen molar-refractivity contribution in [3.8, 4) is 0 Å². The van der Waals surface area contributed by atoms with Crippen LogP contribution in [-0.2, 0) is 17.9 Å². The van der Waals surface area contributed by atoms with Gasteiger partial charge in [0.1, 0.15) is 12.4 Å². The van der Waals surface area contributed by atoms with Crippen molar-refractivity contribution < 1.29 is 14.0 Å². The summed E-state index contributed by atoms with van der Waals surface area (Å²) in [5.41, 5.74) is 2.04. The fourth-order valence-corrected chi connectivity index (χ4v) is 4.13. The molecule has 192 valence electrons. The second-order valence-electron chi connectivity index (χ2n) is 9.52. The third-order valence-electron chi connectivity index (χ3n) is 5.82. The van der Waals surface area contributed by atoms with E-state index in [9.17, 15) is 14.0 Å². The van der Waals surface area contributed by atoms with Gasteiger partial charge in [-0.15, -0.1) is 0 Å². The van der Waals surface area contributed by atoms with Crippen LogP contribution in [0.2, 0.25) is 5.02 Å². The second kappa shape index (κ2) is 12.6. The molecule has 0 unspecified atom stereocenters. The molecule has 0 spiro atoms. The molecular weight excluding hydrogens is 479 g/mol. The molecular formula is C28H34ClFN4O2. The summed E-state index contributed by atoms with van der Waals surface area (Å²) in [4.78, 5) is 29.6. The van der Waals surface area contributed by atoms with E-state index in [0.29, 0.717) is 24.7 Å². The van der Waals surface area contributed by atoms with Gasteiger partial charge in [-0.2, -0.15) is 0 Å². The number of aromatic nitrogens is 1. The Labute approximate surface area is 217 Å². The molecule has 8 heteroatoms. The molecule has 0 bridgehead atoms. The van der Waals surface area contributed by atoms with Gasteiger partial charge in [-0.05, 0) is 55.7 Å². The number of carbonyl (C=O) groups excluding carboxylic acids is 2. The summed E-state index contributed by atoms with van der Waals surface area (Å²) in [6.07, 6.45) is 1.97. The van der Waals surface area contributed by atoms with Crippen LogP contribution in [-0.4, -0.2) is 45.4 Å². The van der Waals surface area contributed by atoms with Crippen molar-refractivity contribution in [1.82, 2.24) is 14.4 Å². The molecule has 0 radical (unpaired) electrons. The van der Waals surface area contributed by atoms with Gasteiger partial charge in [-0.3, -0.25) is 4.79 Å². The summed E-state index contributed by atoms with van der Waals surface area (Å²) in [5.74, 6) is -0.464. The molecule has 0 aliphatic heterocycles. The summed E-state index contributed by atoms with van der Waals surface area (Å²) in [7, 11) is 0. The number of hydrogen-bond acceptors (Lipinski definition) is 2. The van der Waals surface area contributed by atoms with E-state index < -0.39 is 11.8 Å². The average molecular weight is 513 g/mol. The lowest BCUT2D eigenvalue weighted by molar-refractivity contribution is -0.133. The van der Waals surface area contributed by atoms with E-state index in [1.54, 1.807) is 17.0 Å². The highest BCUT2D eigenvalue weighted by Crippen LogP contribution is 2.19. The van der Waals surface area contributed by atoms with Crippen LogP contribution in [0, 0.1) is 11.7 Å². The molecule has 3 amide bonds. The fourth-order valence-electron chi connectivity index (χ4n) is 3.93. The van der Waals surface area contributed by atoms with E-state index in [4.69, 9.17) is 11.6 Å². The van der Waals surface area contributed by atoms with Gasteiger partial charge in [0.2, 0.25) is 5.91 Å². The number of benzene rings is 2. The summed E-state index contributed by atoms with van der Waals surface area (Å²) in [5, 5.41) is 3.28. The van der Waals surface area contributed by atoms with Gasteiger partial charge in [0.25, 0.3) is 0 Å². The topological polar surface area (TPSA) is 57.6 Å². The highest BCUT2D eigenvalue weighted by atomic mass is 35.5. The molecule has 0 atom stereocenters. The number of amides is 3. The van der Waals surface area contributed by atoms with Gasteiger partial charge < -0.3 is 19.7 Å². The van der Waals surface area contributed by atoms with E-state index in [1.165, 1.54) is 17.0 Å². The van der Waals surface area contributed by atoms with E-state index in [0.717, 1.165) is 11.3 Å². The van der Waals surface area contributed by atoms with Gasteiger partial charge in [-0.25, -0.2) is 9.18 Å². The summed E-state index contributed by atoms with van der Waals surface area (Å²) < 4.78 is 16.1. The van der Waals surface area contributed by atoms with Gasteiger partial charge >= 0.3 is 6.03 Å². The van der Waals surface area contributed by atoms with Crippen molar-refractivity contribution >= 4 is 29.2 Å². The van der Waals surface area contributed by atoms with Crippen LogP contribution < -0.4 is 5.32 Å². The fraction of sp³-hybridized carbons (Fsp3) is 0.357. The minimum atomic E-state index is -0.526. The minimum Gasteiger partial charge on any atom is -0.345 e. The third-order valence-corrected chi connectivity index (χ3v) is 6.19. The second-order valence-corrected chi connectivity index (χ2v) is 9.93. The number of nitrogens with zero attached hydrogens (tertiary/aromatic N) is 3. The van der Waals surface area contributed by atoms with Crippen LogP contribution in [0.25, 0.3) is 0 Å². The number of rotatable bonds is 10. The van der Waals surface area contributed by atoms with Gasteiger partial charge in [0.05, 0.1) is 12.2 Å². The maximum Gasteiger partial charge on any atom is 0.322 e. The smallest absolute Gasteiger partial charge is 0.322 e. The van der Waals surface area contributed by atoms with Crippen molar-refractivity contribution in [2.75, 3.05) is 18.4 Å². The van der Waals surface area contributed by atoms with E-state index in [2.05, 4.69) is 9.88 Å². The average Bonchev–Trinajstić information content (AvgIpc) is 3.25. The quantitative estimate of drug-likeness (QED) is 0.349. The summed E-state index contributed by atoms with van der Waals surface area (Å²) in [6, 6.07) is 16.8. The van der Waals surface area contributed by atoms with Gasteiger partial charge in [-0.1, -0.05) is 55.8 Å². The number of hydrogen-bond donors (Lipinski definition) is 1. The molecule has 3 rings (SSSR count). The molecule has 2 aromatic carbocycles. The number of para-hydroxylation sites is 1. The maximum absolute atomic E-state index is 14.1. The molecule has 0 saturated carbocycles. The predicted octanol–water partition coefficient (Wildman–Crippen LogP) is 6.26. The van der Waals surface area contributed by atoms with Gasteiger partial charge in [0.15, 0.2) is 0 Å². The monoisotopic (exact) mass is 512 g/mol. The molecule has 0 saturated heterocycles. The third kappa shape index (κ3) is 7.34. The number of urea groups is 1. The zero-order chi connectivity index (χ0) is 26.2.